The highest BCUT2D eigenvalue weighted by molar-refractivity contribution is 5.48. The monoisotopic (exact) mass is 268 g/mol. The molecule has 2 aromatic rings. The minimum absolute atomic E-state index is 0.209. The maximum atomic E-state index is 5.76. The Hall–Kier alpha value is -2.10. The number of rotatable bonds is 2. The van der Waals surface area contributed by atoms with E-state index in [1.54, 1.807) is 0 Å². The van der Waals surface area contributed by atoms with Crippen LogP contribution in [0.15, 0.2) is 42.7 Å². The van der Waals surface area contributed by atoms with Gasteiger partial charge in [0.15, 0.2) is 0 Å². The average molecular weight is 268 g/mol. The van der Waals surface area contributed by atoms with Gasteiger partial charge in [-0.05, 0) is 11.0 Å². The molecule has 0 bridgehead atoms. The van der Waals surface area contributed by atoms with Crippen molar-refractivity contribution in [2.24, 2.45) is 5.41 Å². The van der Waals surface area contributed by atoms with Gasteiger partial charge >= 0.3 is 0 Å². The number of hydrogen-bond donors (Lipinski definition) is 1. The highest BCUT2D eigenvalue weighted by Gasteiger charge is 2.40. The van der Waals surface area contributed by atoms with E-state index in [-0.39, 0.29) is 5.41 Å². The van der Waals surface area contributed by atoms with E-state index in [1.165, 1.54) is 11.9 Å². The van der Waals surface area contributed by atoms with Gasteiger partial charge < -0.3 is 10.6 Å². The molecule has 0 amide bonds. The Morgan fingerprint density at radius 3 is 2.65 bits per heavy atom. The number of anilines is 2. The van der Waals surface area contributed by atoms with Gasteiger partial charge in [0, 0.05) is 25.1 Å². The summed E-state index contributed by atoms with van der Waals surface area (Å²) >= 11 is 0. The lowest BCUT2D eigenvalue weighted by Crippen LogP contribution is -2.24. The van der Waals surface area contributed by atoms with Crippen molar-refractivity contribution < 1.29 is 0 Å². The van der Waals surface area contributed by atoms with E-state index in [1.807, 2.05) is 6.07 Å². The zero-order chi connectivity index (χ0) is 14.2. The summed E-state index contributed by atoms with van der Waals surface area (Å²) in [6.07, 6.45) is 1.54. The van der Waals surface area contributed by atoms with Crippen LogP contribution in [0, 0.1) is 5.41 Å². The van der Waals surface area contributed by atoms with Gasteiger partial charge in [0.05, 0.1) is 0 Å². The van der Waals surface area contributed by atoms with Crippen molar-refractivity contribution in [2.45, 2.75) is 19.8 Å². The minimum atomic E-state index is 0.209. The SMILES string of the molecule is CC1(C)CN(c2cc(N)ncn2)CC1c1ccccc1. The second-order valence-corrected chi connectivity index (χ2v) is 6.13. The van der Waals surface area contributed by atoms with Gasteiger partial charge in [-0.1, -0.05) is 44.2 Å². The van der Waals surface area contributed by atoms with Crippen molar-refractivity contribution >= 4 is 11.6 Å². The summed E-state index contributed by atoms with van der Waals surface area (Å²) in [5.74, 6) is 1.94. The van der Waals surface area contributed by atoms with Gasteiger partial charge in [-0.15, -0.1) is 0 Å². The van der Waals surface area contributed by atoms with Gasteiger partial charge in [0.25, 0.3) is 0 Å². The molecule has 2 heterocycles. The van der Waals surface area contributed by atoms with Gasteiger partial charge in [-0.2, -0.15) is 0 Å². The van der Waals surface area contributed by atoms with E-state index < -0.39 is 0 Å². The molecule has 1 fully saturated rings. The molecule has 1 aromatic heterocycles. The fraction of sp³-hybridized carbons (Fsp3) is 0.375. The summed E-state index contributed by atoms with van der Waals surface area (Å²) in [6, 6.07) is 12.6. The van der Waals surface area contributed by atoms with Gasteiger partial charge in [0.2, 0.25) is 0 Å². The molecule has 104 valence electrons. The molecule has 3 rings (SSSR count). The van der Waals surface area contributed by atoms with Crippen molar-refractivity contribution in [3.63, 3.8) is 0 Å². The molecule has 20 heavy (non-hydrogen) atoms. The van der Waals surface area contributed by atoms with E-state index in [9.17, 15) is 0 Å². The third-order valence-electron chi connectivity index (χ3n) is 4.14. The maximum absolute atomic E-state index is 5.76. The minimum Gasteiger partial charge on any atom is -0.384 e. The molecule has 0 saturated carbocycles. The molecule has 0 aliphatic carbocycles. The van der Waals surface area contributed by atoms with Gasteiger partial charge in [-0.3, -0.25) is 0 Å². The second-order valence-electron chi connectivity index (χ2n) is 6.13. The van der Waals surface area contributed by atoms with Crippen molar-refractivity contribution in [1.29, 1.82) is 0 Å². The predicted molar refractivity (Wildman–Crippen MR) is 81.6 cm³/mol. The molecule has 2 N–H and O–H groups in total. The van der Waals surface area contributed by atoms with Crippen LogP contribution in [0.5, 0.6) is 0 Å². The number of nitrogens with zero attached hydrogens (tertiary/aromatic N) is 3. The molecular weight excluding hydrogens is 248 g/mol. The van der Waals surface area contributed by atoms with Crippen molar-refractivity contribution in [2.75, 3.05) is 23.7 Å². The first-order valence-corrected chi connectivity index (χ1v) is 6.94. The van der Waals surface area contributed by atoms with Crippen molar-refractivity contribution in [3.8, 4) is 0 Å². The molecule has 1 aliphatic heterocycles. The van der Waals surface area contributed by atoms with Crippen LogP contribution in [0.2, 0.25) is 0 Å². The van der Waals surface area contributed by atoms with E-state index in [0.29, 0.717) is 11.7 Å². The third kappa shape index (κ3) is 2.33. The van der Waals surface area contributed by atoms with Crippen LogP contribution in [0.1, 0.15) is 25.3 Å². The number of benzene rings is 1. The Kier molecular flexibility index (Phi) is 3.08. The third-order valence-corrected chi connectivity index (χ3v) is 4.14. The van der Waals surface area contributed by atoms with E-state index in [4.69, 9.17) is 5.73 Å². The summed E-state index contributed by atoms with van der Waals surface area (Å²) in [7, 11) is 0. The van der Waals surface area contributed by atoms with E-state index >= 15 is 0 Å². The molecule has 0 spiro atoms. The van der Waals surface area contributed by atoms with Gasteiger partial charge in [-0.25, -0.2) is 9.97 Å². The van der Waals surface area contributed by atoms with Crippen molar-refractivity contribution in [3.05, 3.63) is 48.3 Å². The Morgan fingerprint density at radius 2 is 1.95 bits per heavy atom. The zero-order valence-electron chi connectivity index (χ0n) is 12.0. The Bertz CT molecular complexity index is 594. The topological polar surface area (TPSA) is 55.0 Å². The summed E-state index contributed by atoms with van der Waals surface area (Å²) in [5.41, 5.74) is 7.36. The Morgan fingerprint density at radius 1 is 1.20 bits per heavy atom. The van der Waals surface area contributed by atoms with Crippen LogP contribution in [-0.2, 0) is 0 Å². The van der Waals surface area contributed by atoms with Gasteiger partial charge in [0.1, 0.15) is 18.0 Å². The molecule has 1 aromatic carbocycles. The lowest BCUT2D eigenvalue weighted by atomic mass is 9.78. The summed E-state index contributed by atoms with van der Waals surface area (Å²) in [4.78, 5) is 10.6. The normalized spacial score (nSPS) is 21.1. The lowest BCUT2D eigenvalue weighted by Gasteiger charge is -2.25. The largest absolute Gasteiger partial charge is 0.384 e. The fourth-order valence-corrected chi connectivity index (χ4v) is 3.09. The molecule has 0 radical (unpaired) electrons. The molecule has 1 atom stereocenters. The first-order valence-electron chi connectivity index (χ1n) is 6.94. The smallest absolute Gasteiger partial charge is 0.134 e. The van der Waals surface area contributed by atoms with Crippen LogP contribution in [-0.4, -0.2) is 23.1 Å². The molecule has 1 saturated heterocycles. The first-order chi connectivity index (χ1) is 9.56. The maximum Gasteiger partial charge on any atom is 0.134 e. The lowest BCUT2D eigenvalue weighted by molar-refractivity contribution is 0.365. The quantitative estimate of drug-likeness (QED) is 0.910. The number of nitrogens with two attached hydrogens (primary N) is 1. The zero-order valence-corrected chi connectivity index (χ0v) is 12.0. The second kappa shape index (κ2) is 4.78. The molecule has 4 heteroatoms. The number of nitrogen functional groups attached to an aromatic ring is 1. The van der Waals surface area contributed by atoms with Crippen LogP contribution >= 0.6 is 0 Å². The van der Waals surface area contributed by atoms with Crippen LogP contribution in [0.25, 0.3) is 0 Å². The number of hydrogen-bond acceptors (Lipinski definition) is 4. The molecule has 4 nitrogen and oxygen atoms in total. The number of aromatic nitrogens is 2. The van der Waals surface area contributed by atoms with Crippen LogP contribution < -0.4 is 10.6 Å². The highest BCUT2D eigenvalue weighted by atomic mass is 15.2. The summed E-state index contributed by atoms with van der Waals surface area (Å²) in [6.45, 7) is 6.57. The Labute approximate surface area is 119 Å². The average Bonchev–Trinajstić information content (AvgIpc) is 2.76. The molecule has 1 unspecified atom stereocenters. The molecular formula is C16H20N4. The molecule has 1 aliphatic rings. The Balaban J connectivity index is 1.89. The fourth-order valence-electron chi connectivity index (χ4n) is 3.09. The summed E-state index contributed by atoms with van der Waals surface area (Å²) in [5, 5.41) is 0. The highest BCUT2D eigenvalue weighted by Crippen LogP contribution is 2.43. The predicted octanol–water partition coefficient (Wildman–Crippen LogP) is 2.69. The van der Waals surface area contributed by atoms with Crippen molar-refractivity contribution in [1.82, 2.24) is 9.97 Å². The van der Waals surface area contributed by atoms with E-state index in [2.05, 4.69) is 59.0 Å². The van der Waals surface area contributed by atoms with Crippen LogP contribution in [0.3, 0.4) is 0 Å². The summed E-state index contributed by atoms with van der Waals surface area (Å²) < 4.78 is 0. The van der Waals surface area contributed by atoms with Crippen LogP contribution in [0.4, 0.5) is 11.6 Å². The first kappa shape index (κ1) is 12.9. The van der Waals surface area contributed by atoms with E-state index in [0.717, 1.165) is 18.9 Å². The standard InChI is InChI=1S/C16H20N4/c1-16(2)10-20(15-8-14(17)18-11-19-15)9-13(16)12-6-4-3-5-7-12/h3-8,11,13H,9-10H2,1-2H3,(H2,17,18,19).